The minimum Gasteiger partial charge on any atom is -0.386 e. The van der Waals surface area contributed by atoms with E-state index >= 15 is 0 Å². The normalized spacial score (nSPS) is 20.3. The van der Waals surface area contributed by atoms with Crippen molar-refractivity contribution in [2.24, 2.45) is 0 Å². The van der Waals surface area contributed by atoms with Crippen molar-refractivity contribution in [1.29, 1.82) is 0 Å². The lowest BCUT2D eigenvalue weighted by atomic mass is 10.3. The third-order valence-corrected chi connectivity index (χ3v) is 6.10. The molecule has 7 heteroatoms. The smallest absolute Gasteiger partial charge is 0.262 e. The maximum atomic E-state index is 12.5. The Morgan fingerprint density at radius 3 is 2.94 bits per heavy atom. The zero-order valence-corrected chi connectivity index (χ0v) is 12.1. The number of rotatable bonds is 4. The highest BCUT2D eigenvalue weighted by Gasteiger charge is 2.32. The molecule has 1 atom stereocenters. The Balaban J connectivity index is 2.35. The lowest BCUT2D eigenvalue weighted by Gasteiger charge is -2.23. The van der Waals surface area contributed by atoms with E-state index in [0.717, 1.165) is 17.9 Å². The quantitative estimate of drug-likeness (QED) is 0.903. The Kier molecular flexibility index (Phi) is 4.14. The zero-order chi connectivity index (χ0) is 13.2. The molecular formula is C11H17N3O2S2. The van der Waals surface area contributed by atoms with Gasteiger partial charge in [-0.05, 0) is 24.3 Å². The van der Waals surface area contributed by atoms with Crippen molar-refractivity contribution in [3.63, 3.8) is 0 Å². The summed E-state index contributed by atoms with van der Waals surface area (Å²) < 4.78 is 26.5. The molecule has 0 aromatic carbocycles. The van der Waals surface area contributed by atoms with Gasteiger partial charge in [0.15, 0.2) is 5.03 Å². The molecule has 0 saturated carbocycles. The Hall–Kier alpha value is -0.790. The Bertz CT molecular complexity index is 513. The van der Waals surface area contributed by atoms with E-state index in [1.807, 2.05) is 0 Å². The second-order valence-electron chi connectivity index (χ2n) is 4.14. The summed E-state index contributed by atoms with van der Waals surface area (Å²) >= 11 is 1.79. The molecule has 100 valence electrons. The van der Waals surface area contributed by atoms with Crippen LogP contribution in [0.25, 0.3) is 0 Å². The van der Waals surface area contributed by atoms with E-state index in [1.165, 1.54) is 10.5 Å². The molecule has 1 aliphatic rings. The molecule has 1 aromatic rings. The molecule has 1 saturated heterocycles. The van der Waals surface area contributed by atoms with E-state index < -0.39 is 10.0 Å². The van der Waals surface area contributed by atoms with Gasteiger partial charge < -0.3 is 5.32 Å². The average molecular weight is 287 g/mol. The van der Waals surface area contributed by atoms with Crippen LogP contribution in [-0.4, -0.2) is 49.3 Å². The van der Waals surface area contributed by atoms with Gasteiger partial charge in [0, 0.05) is 32.1 Å². The number of hydrogen-bond acceptors (Lipinski definition) is 5. The SMILES string of the molecule is CNc1cccnc1S(=O)(=O)N(C)C1CCSC1. The summed E-state index contributed by atoms with van der Waals surface area (Å²) in [5.74, 6) is 1.88. The predicted molar refractivity (Wildman–Crippen MR) is 74.5 cm³/mol. The largest absolute Gasteiger partial charge is 0.386 e. The van der Waals surface area contributed by atoms with Crippen molar-refractivity contribution < 1.29 is 8.42 Å². The van der Waals surface area contributed by atoms with Crippen LogP contribution in [0.2, 0.25) is 0 Å². The second-order valence-corrected chi connectivity index (χ2v) is 7.21. The van der Waals surface area contributed by atoms with Crippen molar-refractivity contribution in [3.05, 3.63) is 18.3 Å². The second kappa shape index (κ2) is 5.46. The molecule has 2 rings (SSSR count). The van der Waals surface area contributed by atoms with Gasteiger partial charge in [0.1, 0.15) is 0 Å². The number of thioether (sulfide) groups is 1. The van der Waals surface area contributed by atoms with Gasteiger partial charge in [-0.2, -0.15) is 16.1 Å². The van der Waals surface area contributed by atoms with E-state index in [-0.39, 0.29) is 11.1 Å². The molecule has 0 amide bonds. The van der Waals surface area contributed by atoms with Crippen LogP contribution < -0.4 is 5.32 Å². The fourth-order valence-electron chi connectivity index (χ4n) is 1.93. The standard InChI is InChI=1S/C11H17N3O2S2/c1-12-10-4-3-6-13-11(10)18(15,16)14(2)9-5-7-17-8-9/h3-4,6,9,12H,5,7-8H2,1-2H3. The molecule has 5 nitrogen and oxygen atoms in total. The van der Waals surface area contributed by atoms with Crippen LogP contribution >= 0.6 is 11.8 Å². The van der Waals surface area contributed by atoms with Crippen LogP contribution in [0.5, 0.6) is 0 Å². The van der Waals surface area contributed by atoms with E-state index in [1.54, 1.807) is 38.0 Å². The molecule has 0 spiro atoms. The van der Waals surface area contributed by atoms with Gasteiger partial charge in [-0.3, -0.25) is 0 Å². The zero-order valence-electron chi connectivity index (χ0n) is 10.5. The van der Waals surface area contributed by atoms with Crippen LogP contribution in [0.15, 0.2) is 23.4 Å². The molecule has 0 aliphatic carbocycles. The lowest BCUT2D eigenvalue weighted by Crippen LogP contribution is -2.37. The topological polar surface area (TPSA) is 62.3 Å². The average Bonchev–Trinajstić information content (AvgIpc) is 2.91. The fraction of sp³-hybridized carbons (Fsp3) is 0.545. The van der Waals surface area contributed by atoms with E-state index in [2.05, 4.69) is 10.3 Å². The first-order valence-corrected chi connectivity index (χ1v) is 8.35. The van der Waals surface area contributed by atoms with Gasteiger partial charge in [-0.25, -0.2) is 13.4 Å². The van der Waals surface area contributed by atoms with Gasteiger partial charge in [0.25, 0.3) is 10.0 Å². The van der Waals surface area contributed by atoms with E-state index in [4.69, 9.17) is 0 Å². The lowest BCUT2D eigenvalue weighted by molar-refractivity contribution is 0.393. The number of anilines is 1. The van der Waals surface area contributed by atoms with E-state index in [9.17, 15) is 8.42 Å². The van der Waals surface area contributed by atoms with E-state index in [0.29, 0.717) is 5.69 Å². The molecule has 1 aromatic heterocycles. The fourth-order valence-corrected chi connectivity index (χ4v) is 4.78. The molecule has 0 radical (unpaired) electrons. The molecular weight excluding hydrogens is 270 g/mol. The van der Waals surface area contributed by atoms with Crippen LogP contribution in [0.3, 0.4) is 0 Å². The van der Waals surface area contributed by atoms with Crippen LogP contribution in [0.1, 0.15) is 6.42 Å². The van der Waals surface area contributed by atoms with Crippen LogP contribution in [-0.2, 0) is 10.0 Å². The highest BCUT2D eigenvalue weighted by molar-refractivity contribution is 7.99. The molecule has 1 aliphatic heterocycles. The van der Waals surface area contributed by atoms with Crippen molar-refractivity contribution >= 4 is 27.5 Å². The van der Waals surface area contributed by atoms with Crippen molar-refractivity contribution in [1.82, 2.24) is 9.29 Å². The van der Waals surface area contributed by atoms with Gasteiger partial charge in [0.2, 0.25) is 0 Å². The van der Waals surface area contributed by atoms with Gasteiger partial charge in [-0.1, -0.05) is 0 Å². The summed E-state index contributed by atoms with van der Waals surface area (Å²) in [5, 5.41) is 2.98. The molecule has 2 heterocycles. The minimum absolute atomic E-state index is 0.0757. The number of hydrogen-bond donors (Lipinski definition) is 1. The van der Waals surface area contributed by atoms with Crippen LogP contribution in [0.4, 0.5) is 5.69 Å². The van der Waals surface area contributed by atoms with Crippen molar-refractivity contribution in [2.75, 3.05) is 30.9 Å². The number of nitrogens with zero attached hydrogens (tertiary/aromatic N) is 2. The summed E-state index contributed by atoms with van der Waals surface area (Å²) in [7, 11) is -0.184. The molecule has 1 N–H and O–H groups in total. The first-order chi connectivity index (χ1) is 8.57. The van der Waals surface area contributed by atoms with Crippen molar-refractivity contribution in [2.45, 2.75) is 17.5 Å². The number of nitrogens with one attached hydrogen (secondary N) is 1. The van der Waals surface area contributed by atoms with Crippen LogP contribution in [0, 0.1) is 0 Å². The highest BCUT2D eigenvalue weighted by Crippen LogP contribution is 2.27. The third kappa shape index (κ3) is 2.48. The molecule has 1 fully saturated rings. The molecule has 1 unspecified atom stereocenters. The Labute approximate surface area is 112 Å². The highest BCUT2D eigenvalue weighted by atomic mass is 32.2. The maximum Gasteiger partial charge on any atom is 0.262 e. The first-order valence-electron chi connectivity index (χ1n) is 5.76. The molecule has 18 heavy (non-hydrogen) atoms. The minimum atomic E-state index is -3.52. The summed E-state index contributed by atoms with van der Waals surface area (Å²) in [6.45, 7) is 0. The van der Waals surface area contributed by atoms with Gasteiger partial charge in [0.05, 0.1) is 5.69 Å². The number of sulfonamides is 1. The number of pyridine rings is 1. The predicted octanol–water partition coefficient (Wildman–Crippen LogP) is 1.25. The molecule has 0 bridgehead atoms. The summed E-state index contributed by atoms with van der Waals surface area (Å²) in [4.78, 5) is 4.01. The Morgan fingerprint density at radius 1 is 1.56 bits per heavy atom. The maximum absolute atomic E-state index is 12.5. The summed E-state index contributed by atoms with van der Waals surface area (Å²) in [6, 6.07) is 3.51. The first kappa shape index (κ1) is 13.6. The Morgan fingerprint density at radius 2 is 2.33 bits per heavy atom. The van der Waals surface area contributed by atoms with Gasteiger partial charge >= 0.3 is 0 Å². The van der Waals surface area contributed by atoms with Gasteiger partial charge in [-0.15, -0.1) is 0 Å². The monoisotopic (exact) mass is 287 g/mol. The summed E-state index contributed by atoms with van der Waals surface area (Å²) in [6.07, 6.45) is 2.41. The third-order valence-electron chi connectivity index (χ3n) is 3.08. The van der Waals surface area contributed by atoms with Crippen molar-refractivity contribution in [3.8, 4) is 0 Å². The number of aromatic nitrogens is 1. The summed E-state index contributed by atoms with van der Waals surface area (Å²) in [5.41, 5.74) is 0.537.